The molecule has 0 radical (unpaired) electrons. The van der Waals surface area contributed by atoms with E-state index in [1.165, 1.54) is 18.5 Å². The van der Waals surface area contributed by atoms with E-state index in [-0.39, 0.29) is 23.3 Å². The smallest absolute Gasteiger partial charge is 0.343 e. The maximum Gasteiger partial charge on any atom is 0.343 e. The molecule has 2 rings (SSSR count). The van der Waals surface area contributed by atoms with Crippen LogP contribution in [0.2, 0.25) is 0 Å². The third kappa shape index (κ3) is 2.35. The van der Waals surface area contributed by atoms with E-state index in [0.29, 0.717) is 12.2 Å². The number of hydrogen-bond acceptors (Lipinski definition) is 6. The molecule has 0 saturated heterocycles. The highest BCUT2D eigenvalue weighted by atomic mass is 16.6. The van der Waals surface area contributed by atoms with Crippen LogP contribution in [0, 0.1) is 0 Å². The second-order valence-electron chi connectivity index (χ2n) is 4.04. The second kappa shape index (κ2) is 5.70. The quantitative estimate of drug-likeness (QED) is 0.657. The molecule has 2 N–H and O–H groups in total. The summed E-state index contributed by atoms with van der Waals surface area (Å²) in [5.41, 5.74) is -0.0157. The zero-order valence-electron chi connectivity index (χ0n) is 11.3. The summed E-state index contributed by atoms with van der Waals surface area (Å²) >= 11 is 0. The molecule has 2 aromatic rings. The molecule has 0 aliphatic heterocycles. The number of aromatic nitrogens is 2. The van der Waals surface area contributed by atoms with Crippen molar-refractivity contribution in [3.8, 4) is 5.75 Å². The zero-order valence-corrected chi connectivity index (χ0v) is 11.3. The van der Waals surface area contributed by atoms with E-state index in [4.69, 9.17) is 10.6 Å². The first kappa shape index (κ1) is 14.0. The average molecular weight is 277 g/mol. The van der Waals surface area contributed by atoms with Crippen LogP contribution in [0.5, 0.6) is 5.75 Å². The van der Waals surface area contributed by atoms with E-state index in [2.05, 4.69) is 9.82 Å². The number of carbonyl (C=O) groups excluding carboxylic acids is 1. The monoisotopic (exact) mass is 277 g/mol. The number of rotatable bonds is 4. The van der Waals surface area contributed by atoms with Gasteiger partial charge in [0.15, 0.2) is 5.75 Å². The van der Waals surface area contributed by atoms with Gasteiger partial charge in [-0.05, 0) is 19.9 Å². The fourth-order valence-electron chi connectivity index (χ4n) is 1.91. The van der Waals surface area contributed by atoms with E-state index in [1.54, 1.807) is 11.5 Å². The maximum absolute atomic E-state index is 12.3. The summed E-state index contributed by atoms with van der Waals surface area (Å²) in [7, 11) is 0. The van der Waals surface area contributed by atoms with Crippen molar-refractivity contribution in [1.29, 1.82) is 0 Å². The highest BCUT2D eigenvalue weighted by molar-refractivity contribution is 5.93. The number of carbonyl (C=O) groups is 1. The van der Waals surface area contributed by atoms with Crippen LogP contribution in [0.15, 0.2) is 23.3 Å². The van der Waals surface area contributed by atoms with Crippen molar-refractivity contribution in [1.82, 2.24) is 9.55 Å². The normalized spacial score (nSPS) is 10.6. The van der Waals surface area contributed by atoms with Crippen LogP contribution in [0.3, 0.4) is 0 Å². The number of pyridine rings is 2. The molecule has 7 nitrogen and oxygen atoms in total. The molecule has 0 aliphatic carbocycles. The maximum atomic E-state index is 12.3. The summed E-state index contributed by atoms with van der Waals surface area (Å²) in [6, 6.07) is 1.46. The molecular weight excluding hydrogens is 262 g/mol. The Kier molecular flexibility index (Phi) is 3.99. The number of hydrogen-bond donors (Lipinski definition) is 1. The first-order chi connectivity index (χ1) is 9.62. The lowest BCUT2D eigenvalue weighted by molar-refractivity contribution is 0.0524. The van der Waals surface area contributed by atoms with Gasteiger partial charge in [-0.25, -0.2) is 9.78 Å². The van der Waals surface area contributed by atoms with Gasteiger partial charge in [-0.3, -0.25) is 4.79 Å². The standard InChI is InChI=1S/C13H15N3O4/c1-3-16-7-10(13(18)19-4-2)11(17)9-5-8(20-14)6-15-12(9)16/h5-7H,3-4,14H2,1-2H3. The van der Waals surface area contributed by atoms with Crippen LogP contribution in [0.1, 0.15) is 24.2 Å². The lowest BCUT2D eigenvalue weighted by Crippen LogP contribution is -2.21. The Morgan fingerprint density at radius 2 is 2.20 bits per heavy atom. The third-order valence-corrected chi connectivity index (χ3v) is 2.86. The zero-order chi connectivity index (χ0) is 14.7. The third-order valence-electron chi connectivity index (χ3n) is 2.86. The molecule has 106 valence electrons. The Morgan fingerprint density at radius 3 is 2.80 bits per heavy atom. The Balaban J connectivity index is 2.75. The van der Waals surface area contributed by atoms with Crippen molar-refractivity contribution in [3.05, 3.63) is 34.2 Å². The van der Waals surface area contributed by atoms with Crippen molar-refractivity contribution in [2.75, 3.05) is 6.61 Å². The summed E-state index contributed by atoms with van der Waals surface area (Å²) < 4.78 is 6.58. The van der Waals surface area contributed by atoms with Gasteiger partial charge in [0.25, 0.3) is 0 Å². The average Bonchev–Trinajstić information content (AvgIpc) is 2.47. The minimum atomic E-state index is -0.652. The summed E-state index contributed by atoms with van der Waals surface area (Å²) in [6.45, 7) is 4.32. The Labute approximate surface area is 114 Å². The van der Waals surface area contributed by atoms with Gasteiger partial charge < -0.3 is 14.1 Å². The van der Waals surface area contributed by atoms with Gasteiger partial charge >= 0.3 is 5.97 Å². The molecule has 0 unspecified atom stereocenters. The van der Waals surface area contributed by atoms with Gasteiger partial charge in [0.2, 0.25) is 5.43 Å². The fraction of sp³-hybridized carbons (Fsp3) is 0.308. The van der Waals surface area contributed by atoms with Crippen molar-refractivity contribution in [3.63, 3.8) is 0 Å². The molecule has 20 heavy (non-hydrogen) atoms. The minimum absolute atomic E-state index is 0.0304. The number of ether oxygens (including phenoxy) is 1. The predicted molar refractivity (Wildman–Crippen MR) is 72.4 cm³/mol. The van der Waals surface area contributed by atoms with Gasteiger partial charge in [-0.2, -0.15) is 5.90 Å². The van der Waals surface area contributed by atoms with Gasteiger partial charge in [0.1, 0.15) is 11.2 Å². The molecule has 0 aromatic carbocycles. The molecule has 0 aliphatic rings. The van der Waals surface area contributed by atoms with Crippen LogP contribution in [0.25, 0.3) is 11.0 Å². The fourth-order valence-corrected chi connectivity index (χ4v) is 1.91. The first-order valence-electron chi connectivity index (χ1n) is 6.19. The minimum Gasteiger partial charge on any atom is -0.462 e. The second-order valence-corrected chi connectivity index (χ2v) is 4.04. The number of nitrogens with two attached hydrogens (primary N) is 1. The topological polar surface area (TPSA) is 96.4 Å². The van der Waals surface area contributed by atoms with Crippen molar-refractivity contribution >= 4 is 17.0 Å². The highest BCUT2D eigenvalue weighted by Gasteiger charge is 2.17. The molecular formula is C13H15N3O4. The van der Waals surface area contributed by atoms with Crippen LogP contribution < -0.4 is 16.2 Å². The molecule has 0 fully saturated rings. The van der Waals surface area contributed by atoms with Gasteiger partial charge in [0, 0.05) is 12.7 Å². The van der Waals surface area contributed by atoms with E-state index in [9.17, 15) is 9.59 Å². The highest BCUT2D eigenvalue weighted by Crippen LogP contribution is 2.16. The van der Waals surface area contributed by atoms with Crippen LogP contribution in [-0.4, -0.2) is 22.1 Å². The van der Waals surface area contributed by atoms with E-state index in [0.717, 1.165) is 0 Å². The van der Waals surface area contributed by atoms with Crippen LogP contribution >= 0.6 is 0 Å². The van der Waals surface area contributed by atoms with Crippen molar-refractivity contribution in [2.24, 2.45) is 5.90 Å². The predicted octanol–water partition coefficient (Wildman–Crippen LogP) is 0.846. The summed E-state index contributed by atoms with van der Waals surface area (Å²) in [6.07, 6.45) is 2.87. The van der Waals surface area contributed by atoms with E-state index < -0.39 is 11.4 Å². The van der Waals surface area contributed by atoms with Crippen molar-refractivity contribution < 1.29 is 14.4 Å². The number of nitrogens with zero attached hydrogens (tertiary/aromatic N) is 2. The van der Waals surface area contributed by atoms with E-state index >= 15 is 0 Å². The van der Waals surface area contributed by atoms with Gasteiger partial charge in [-0.15, -0.1) is 0 Å². The SMILES string of the molecule is CCOC(=O)c1cn(CC)c2ncc(ON)cc2c1=O. The summed E-state index contributed by atoms with van der Waals surface area (Å²) in [5, 5.41) is 0.264. The Hall–Kier alpha value is -2.41. The molecule has 0 saturated carbocycles. The van der Waals surface area contributed by atoms with Gasteiger partial charge in [-0.1, -0.05) is 0 Å². The lowest BCUT2D eigenvalue weighted by atomic mass is 10.2. The number of aryl methyl sites for hydroxylation is 1. The number of esters is 1. The Bertz CT molecular complexity index is 709. The molecule has 0 atom stereocenters. The molecule has 7 heteroatoms. The molecule has 0 spiro atoms. The van der Waals surface area contributed by atoms with E-state index in [1.807, 2.05) is 6.92 Å². The molecule has 2 aromatic heterocycles. The van der Waals surface area contributed by atoms with Crippen LogP contribution in [0.4, 0.5) is 0 Å². The molecule has 0 amide bonds. The lowest BCUT2D eigenvalue weighted by Gasteiger charge is -2.10. The van der Waals surface area contributed by atoms with Crippen LogP contribution in [-0.2, 0) is 11.3 Å². The van der Waals surface area contributed by atoms with Crippen molar-refractivity contribution in [2.45, 2.75) is 20.4 Å². The summed E-state index contributed by atoms with van der Waals surface area (Å²) in [5.74, 6) is 4.66. The number of fused-ring (bicyclic) bond motifs is 1. The largest absolute Gasteiger partial charge is 0.462 e. The molecule has 2 heterocycles. The first-order valence-corrected chi connectivity index (χ1v) is 6.19. The van der Waals surface area contributed by atoms with Gasteiger partial charge in [0.05, 0.1) is 18.2 Å². The molecule has 0 bridgehead atoms. The Morgan fingerprint density at radius 1 is 1.45 bits per heavy atom. The summed E-state index contributed by atoms with van der Waals surface area (Å²) in [4.78, 5) is 32.9.